The van der Waals surface area contributed by atoms with Gasteiger partial charge in [0.25, 0.3) is 0 Å². The summed E-state index contributed by atoms with van der Waals surface area (Å²) >= 11 is 0. The second-order valence-electron chi connectivity index (χ2n) is 4.65. The third kappa shape index (κ3) is 3.88. The minimum atomic E-state index is -0.484. The molecular weight excluding hydrogens is 280 g/mol. The smallest absolute Gasteiger partial charge is 0.334 e. The molecule has 0 bridgehead atoms. The summed E-state index contributed by atoms with van der Waals surface area (Å²) in [4.78, 5) is 11.4. The third-order valence-corrected chi connectivity index (χ3v) is 3.04. The first-order valence-corrected chi connectivity index (χ1v) is 6.81. The van der Waals surface area contributed by atoms with Crippen molar-refractivity contribution in [1.82, 2.24) is 0 Å². The first-order valence-electron chi connectivity index (χ1n) is 6.81. The lowest BCUT2D eigenvalue weighted by Gasteiger charge is -2.13. The molecule has 2 aromatic carbocycles. The van der Waals surface area contributed by atoms with E-state index in [0.717, 1.165) is 11.3 Å². The van der Waals surface area contributed by atoms with Crippen LogP contribution in [0.2, 0.25) is 0 Å². The van der Waals surface area contributed by atoms with Crippen LogP contribution in [0.1, 0.15) is 11.1 Å². The summed E-state index contributed by atoms with van der Waals surface area (Å²) in [5.74, 6) is 1.23. The van der Waals surface area contributed by atoms with Crippen LogP contribution in [0.25, 0.3) is 5.76 Å². The van der Waals surface area contributed by atoms with Crippen molar-refractivity contribution in [2.24, 2.45) is 0 Å². The van der Waals surface area contributed by atoms with E-state index in [1.165, 1.54) is 20.3 Å². The van der Waals surface area contributed by atoms with E-state index in [2.05, 4.69) is 4.74 Å². The van der Waals surface area contributed by atoms with E-state index in [1.54, 1.807) is 0 Å². The average Bonchev–Trinajstić information content (AvgIpc) is 2.53. The Morgan fingerprint density at radius 3 is 2.45 bits per heavy atom. The molecule has 2 rings (SSSR count). The first kappa shape index (κ1) is 15.6. The standard InChI is InChI=1S/C18H18O4/c1-13-7-6-8-14(11-13)22-16-10-5-4-9-15(16)17(20-2)12-18(19)21-3/h4-12H,1-3H3/b17-12-. The highest BCUT2D eigenvalue weighted by molar-refractivity contribution is 5.90. The summed E-state index contributed by atoms with van der Waals surface area (Å²) in [7, 11) is 2.82. The molecule has 114 valence electrons. The third-order valence-electron chi connectivity index (χ3n) is 3.04. The molecule has 0 saturated carbocycles. The van der Waals surface area contributed by atoms with E-state index in [-0.39, 0.29) is 0 Å². The summed E-state index contributed by atoms with van der Waals surface area (Å²) in [6.07, 6.45) is 1.29. The maximum absolute atomic E-state index is 11.4. The average molecular weight is 298 g/mol. The fourth-order valence-corrected chi connectivity index (χ4v) is 1.98. The zero-order valence-corrected chi connectivity index (χ0v) is 12.8. The van der Waals surface area contributed by atoms with Crippen molar-refractivity contribution in [1.29, 1.82) is 0 Å². The highest BCUT2D eigenvalue weighted by atomic mass is 16.5. The van der Waals surface area contributed by atoms with Crippen LogP contribution in [0.4, 0.5) is 0 Å². The van der Waals surface area contributed by atoms with Crippen LogP contribution in [-0.2, 0) is 14.3 Å². The van der Waals surface area contributed by atoms with Gasteiger partial charge in [0, 0.05) is 0 Å². The number of methoxy groups -OCH3 is 2. The zero-order valence-electron chi connectivity index (χ0n) is 12.8. The van der Waals surface area contributed by atoms with E-state index in [9.17, 15) is 4.79 Å². The lowest BCUT2D eigenvalue weighted by atomic mass is 10.1. The number of benzene rings is 2. The second kappa shape index (κ2) is 7.31. The Morgan fingerprint density at radius 1 is 1.00 bits per heavy atom. The molecule has 0 spiro atoms. The molecule has 0 aliphatic rings. The SMILES string of the molecule is COC(=O)/C=C(\OC)c1ccccc1Oc1cccc(C)c1. The normalized spacial score (nSPS) is 11.0. The van der Waals surface area contributed by atoms with E-state index in [1.807, 2.05) is 55.5 Å². The number of carbonyl (C=O) groups is 1. The molecule has 22 heavy (non-hydrogen) atoms. The quantitative estimate of drug-likeness (QED) is 0.476. The van der Waals surface area contributed by atoms with Gasteiger partial charge < -0.3 is 14.2 Å². The summed E-state index contributed by atoms with van der Waals surface area (Å²) < 4.78 is 15.8. The maximum Gasteiger partial charge on any atom is 0.334 e. The monoisotopic (exact) mass is 298 g/mol. The molecular formula is C18H18O4. The second-order valence-corrected chi connectivity index (χ2v) is 4.65. The van der Waals surface area contributed by atoms with Crippen molar-refractivity contribution in [3.05, 3.63) is 65.7 Å². The molecule has 0 amide bonds. The van der Waals surface area contributed by atoms with Gasteiger partial charge in [-0.25, -0.2) is 4.79 Å². The number of esters is 1. The highest BCUT2D eigenvalue weighted by Gasteiger charge is 2.12. The van der Waals surface area contributed by atoms with Crippen molar-refractivity contribution in [2.75, 3.05) is 14.2 Å². The van der Waals surface area contributed by atoms with Crippen LogP contribution in [-0.4, -0.2) is 20.2 Å². The number of hydrogen-bond acceptors (Lipinski definition) is 4. The van der Waals surface area contributed by atoms with Crippen molar-refractivity contribution in [3.63, 3.8) is 0 Å². The van der Waals surface area contributed by atoms with E-state index in [4.69, 9.17) is 9.47 Å². The predicted octanol–water partition coefficient (Wildman–Crippen LogP) is 3.95. The number of rotatable bonds is 5. The van der Waals surface area contributed by atoms with Gasteiger partial charge in [0.05, 0.1) is 25.9 Å². The van der Waals surface area contributed by atoms with Crippen molar-refractivity contribution in [2.45, 2.75) is 6.92 Å². The van der Waals surface area contributed by atoms with Crippen LogP contribution >= 0.6 is 0 Å². The molecule has 4 nitrogen and oxygen atoms in total. The number of aryl methyl sites for hydroxylation is 1. The summed E-state index contributed by atoms with van der Waals surface area (Å²) in [6.45, 7) is 2.00. The molecule has 0 fully saturated rings. The van der Waals surface area contributed by atoms with Crippen molar-refractivity contribution >= 4 is 11.7 Å². The van der Waals surface area contributed by atoms with Gasteiger partial charge in [-0.05, 0) is 36.8 Å². The Hall–Kier alpha value is -2.75. The van der Waals surface area contributed by atoms with Crippen molar-refractivity contribution < 1.29 is 19.0 Å². The van der Waals surface area contributed by atoms with Crippen LogP contribution < -0.4 is 4.74 Å². The molecule has 4 heteroatoms. The number of carbonyl (C=O) groups excluding carboxylic acids is 1. The Morgan fingerprint density at radius 2 is 1.77 bits per heavy atom. The lowest BCUT2D eigenvalue weighted by molar-refractivity contribution is -0.134. The first-order chi connectivity index (χ1) is 10.6. The lowest BCUT2D eigenvalue weighted by Crippen LogP contribution is -2.00. The summed E-state index contributed by atoms with van der Waals surface area (Å²) in [6, 6.07) is 15.1. The highest BCUT2D eigenvalue weighted by Crippen LogP contribution is 2.30. The van der Waals surface area contributed by atoms with Gasteiger partial charge >= 0.3 is 5.97 Å². The molecule has 0 radical (unpaired) electrons. The minimum Gasteiger partial charge on any atom is -0.496 e. The molecule has 0 aliphatic heterocycles. The fraction of sp³-hybridized carbons (Fsp3) is 0.167. The molecule has 0 N–H and O–H groups in total. The van der Waals surface area contributed by atoms with Crippen molar-refractivity contribution in [3.8, 4) is 11.5 Å². The summed E-state index contributed by atoms with van der Waals surface area (Å²) in [5, 5.41) is 0. The fourth-order valence-electron chi connectivity index (χ4n) is 1.98. The van der Waals surface area contributed by atoms with E-state index < -0.39 is 5.97 Å². The van der Waals surface area contributed by atoms with Gasteiger partial charge in [-0.3, -0.25) is 0 Å². The molecule has 0 heterocycles. The van der Waals surface area contributed by atoms with Gasteiger partial charge in [0.2, 0.25) is 0 Å². The van der Waals surface area contributed by atoms with Crippen LogP contribution in [0.5, 0.6) is 11.5 Å². The number of para-hydroxylation sites is 1. The predicted molar refractivity (Wildman–Crippen MR) is 84.7 cm³/mol. The maximum atomic E-state index is 11.4. The van der Waals surface area contributed by atoms with Gasteiger partial charge in [0.15, 0.2) is 0 Å². The summed E-state index contributed by atoms with van der Waals surface area (Å²) in [5.41, 5.74) is 1.78. The van der Waals surface area contributed by atoms with E-state index >= 15 is 0 Å². The molecule has 0 atom stereocenters. The molecule has 0 saturated heterocycles. The molecule has 0 unspecified atom stereocenters. The van der Waals surface area contributed by atoms with Gasteiger partial charge in [-0.2, -0.15) is 0 Å². The molecule has 0 aromatic heterocycles. The van der Waals surface area contributed by atoms with Gasteiger partial charge in [-0.15, -0.1) is 0 Å². The Kier molecular flexibility index (Phi) is 5.20. The Bertz CT molecular complexity index is 689. The number of hydrogen-bond donors (Lipinski definition) is 0. The van der Waals surface area contributed by atoms with Gasteiger partial charge in [0.1, 0.15) is 17.3 Å². The molecule has 0 aliphatic carbocycles. The Balaban J connectivity index is 2.37. The number of ether oxygens (including phenoxy) is 3. The van der Waals surface area contributed by atoms with Crippen LogP contribution in [0.15, 0.2) is 54.6 Å². The zero-order chi connectivity index (χ0) is 15.9. The van der Waals surface area contributed by atoms with Crippen LogP contribution in [0.3, 0.4) is 0 Å². The molecule has 2 aromatic rings. The topological polar surface area (TPSA) is 44.8 Å². The largest absolute Gasteiger partial charge is 0.496 e. The van der Waals surface area contributed by atoms with E-state index in [0.29, 0.717) is 17.1 Å². The van der Waals surface area contributed by atoms with Crippen LogP contribution in [0, 0.1) is 6.92 Å². The van der Waals surface area contributed by atoms with Gasteiger partial charge in [-0.1, -0.05) is 24.3 Å². The Labute approximate surface area is 129 Å². The minimum absolute atomic E-state index is 0.384.